The predicted octanol–water partition coefficient (Wildman–Crippen LogP) is 1.38. The van der Waals surface area contributed by atoms with Crippen LogP contribution in [0.1, 0.15) is 20.8 Å². The molecule has 0 aliphatic carbocycles. The quantitative estimate of drug-likeness (QED) is 0.728. The van der Waals surface area contributed by atoms with E-state index in [1.54, 1.807) is 12.3 Å². The first-order valence-electron chi connectivity index (χ1n) is 5.72. The van der Waals surface area contributed by atoms with E-state index < -0.39 is 6.03 Å². The van der Waals surface area contributed by atoms with Crippen LogP contribution in [0.5, 0.6) is 0 Å². The number of carbonyl (C=O) groups is 2. The van der Waals surface area contributed by atoms with Gasteiger partial charge in [0.25, 0.3) is 0 Å². The summed E-state index contributed by atoms with van der Waals surface area (Å²) in [5.41, 5.74) is 5.83. The van der Waals surface area contributed by atoms with Crippen molar-refractivity contribution in [3.8, 4) is 0 Å². The summed E-state index contributed by atoms with van der Waals surface area (Å²) in [6.07, 6.45) is 3.12. The Morgan fingerprint density at radius 3 is 2.68 bits per heavy atom. The van der Waals surface area contributed by atoms with Gasteiger partial charge in [0.1, 0.15) is 0 Å². The molecule has 0 aliphatic rings. The Morgan fingerprint density at radius 2 is 2.11 bits per heavy atom. The van der Waals surface area contributed by atoms with Crippen molar-refractivity contribution in [3.05, 3.63) is 18.5 Å². The number of anilines is 1. The molecule has 7 heteroatoms. The van der Waals surface area contributed by atoms with E-state index in [-0.39, 0.29) is 17.2 Å². The highest BCUT2D eigenvalue weighted by Crippen LogP contribution is 2.22. The summed E-state index contributed by atoms with van der Waals surface area (Å²) in [5, 5.41) is 4.90. The average Bonchev–Trinajstić information content (AvgIpc) is 2.25. The van der Waals surface area contributed by atoms with E-state index in [4.69, 9.17) is 5.73 Å². The molecule has 0 atom stereocenters. The number of hydrogen-bond donors (Lipinski definition) is 3. The van der Waals surface area contributed by atoms with E-state index in [9.17, 15) is 9.59 Å². The summed E-state index contributed by atoms with van der Waals surface area (Å²) < 4.78 is 0. The van der Waals surface area contributed by atoms with Crippen LogP contribution in [0.15, 0.2) is 23.4 Å². The van der Waals surface area contributed by atoms with Crippen molar-refractivity contribution in [2.24, 2.45) is 0 Å². The van der Waals surface area contributed by atoms with Gasteiger partial charge in [-0.2, -0.15) is 0 Å². The van der Waals surface area contributed by atoms with E-state index in [2.05, 4.69) is 15.6 Å². The van der Waals surface area contributed by atoms with Crippen LogP contribution in [0.2, 0.25) is 0 Å². The van der Waals surface area contributed by atoms with Crippen molar-refractivity contribution in [1.29, 1.82) is 0 Å². The number of amides is 3. The number of pyridine rings is 1. The number of nitrogen functional groups attached to an aromatic ring is 1. The Bertz CT molecular complexity index is 471. The zero-order valence-corrected chi connectivity index (χ0v) is 12.0. The fourth-order valence-electron chi connectivity index (χ4n) is 1.20. The Morgan fingerprint density at radius 1 is 1.42 bits per heavy atom. The molecule has 0 aliphatic heterocycles. The van der Waals surface area contributed by atoms with Crippen LogP contribution in [0, 0.1) is 0 Å². The lowest BCUT2D eigenvalue weighted by atomic mass is 10.1. The van der Waals surface area contributed by atoms with Gasteiger partial charge in [-0.25, -0.2) is 4.79 Å². The number of nitrogens with zero attached hydrogens (tertiary/aromatic N) is 1. The summed E-state index contributed by atoms with van der Waals surface area (Å²) in [7, 11) is 0. The zero-order valence-electron chi connectivity index (χ0n) is 11.2. The molecular weight excluding hydrogens is 264 g/mol. The van der Waals surface area contributed by atoms with Gasteiger partial charge in [0.15, 0.2) is 0 Å². The van der Waals surface area contributed by atoms with Crippen molar-refractivity contribution in [2.75, 3.05) is 11.5 Å². The second kappa shape index (κ2) is 6.42. The smallest absolute Gasteiger partial charge is 0.321 e. The molecule has 6 nitrogen and oxygen atoms in total. The molecule has 0 saturated carbocycles. The first-order chi connectivity index (χ1) is 8.78. The summed E-state index contributed by atoms with van der Waals surface area (Å²) >= 11 is 1.26. The molecule has 0 aromatic carbocycles. The Hall–Kier alpha value is -1.76. The van der Waals surface area contributed by atoms with Crippen molar-refractivity contribution < 1.29 is 9.59 Å². The maximum atomic E-state index is 11.6. The molecule has 19 heavy (non-hydrogen) atoms. The fourth-order valence-corrected chi connectivity index (χ4v) is 1.94. The normalized spacial score (nSPS) is 10.9. The van der Waals surface area contributed by atoms with Crippen LogP contribution in [-0.2, 0) is 4.79 Å². The third-order valence-corrected chi connectivity index (χ3v) is 3.00. The van der Waals surface area contributed by atoms with Crippen LogP contribution in [-0.4, -0.2) is 28.2 Å². The van der Waals surface area contributed by atoms with Gasteiger partial charge in [-0.05, 0) is 26.8 Å². The zero-order chi connectivity index (χ0) is 14.5. The van der Waals surface area contributed by atoms with Gasteiger partial charge < -0.3 is 11.1 Å². The minimum atomic E-state index is -0.499. The highest BCUT2D eigenvalue weighted by Gasteiger charge is 2.15. The summed E-state index contributed by atoms with van der Waals surface area (Å²) in [6, 6.07) is 1.23. The number of aromatic nitrogens is 1. The minimum absolute atomic E-state index is 0.117. The Kier molecular flexibility index (Phi) is 5.17. The fraction of sp³-hybridized carbons (Fsp3) is 0.417. The van der Waals surface area contributed by atoms with Crippen LogP contribution in [0.4, 0.5) is 10.5 Å². The van der Waals surface area contributed by atoms with E-state index in [0.717, 1.165) is 4.90 Å². The number of rotatable bonds is 3. The topological polar surface area (TPSA) is 97.1 Å². The maximum absolute atomic E-state index is 11.6. The third kappa shape index (κ3) is 6.10. The van der Waals surface area contributed by atoms with Crippen molar-refractivity contribution in [2.45, 2.75) is 31.2 Å². The van der Waals surface area contributed by atoms with Crippen LogP contribution in [0.25, 0.3) is 0 Å². The number of nitrogens with two attached hydrogens (primary N) is 1. The second-order valence-electron chi connectivity index (χ2n) is 4.95. The molecule has 3 amide bonds. The Labute approximate surface area is 116 Å². The van der Waals surface area contributed by atoms with E-state index in [1.807, 2.05) is 20.8 Å². The molecule has 0 saturated heterocycles. The minimum Gasteiger partial charge on any atom is -0.397 e. The van der Waals surface area contributed by atoms with Gasteiger partial charge in [-0.1, -0.05) is 0 Å². The molecule has 0 spiro atoms. The number of nitrogens with one attached hydrogen (secondary N) is 2. The van der Waals surface area contributed by atoms with E-state index in [1.165, 1.54) is 18.0 Å². The number of carbonyl (C=O) groups excluding carboxylic acids is 2. The predicted molar refractivity (Wildman–Crippen MR) is 75.8 cm³/mol. The summed E-state index contributed by atoms with van der Waals surface area (Å²) in [5.74, 6) is -0.255. The third-order valence-electron chi connectivity index (χ3n) is 1.91. The van der Waals surface area contributed by atoms with Gasteiger partial charge in [0.2, 0.25) is 5.91 Å². The number of imide groups is 1. The van der Waals surface area contributed by atoms with E-state index >= 15 is 0 Å². The lowest BCUT2D eigenvalue weighted by Gasteiger charge is -2.20. The molecule has 1 heterocycles. The molecule has 1 aromatic rings. The van der Waals surface area contributed by atoms with Crippen LogP contribution >= 0.6 is 11.8 Å². The number of thioether (sulfide) groups is 1. The first kappa shape index (κ1) is 15.3. The SMILES string of the molecule is CC(C)(C)NC(=O)NC(=O)CSc1ccncc1N. The monoisotopic (exact) mass is 282 g/mol. The Balaban J connectivity index is 2.40. The standard InChI is InChI=1S/C12H18N4O2S/c1-12(2,3)16-11(18)15-10(17)7-19-9-4-5-14-6-8(9)13/h4-6H,7,13H2,1-3H3,(H2,15,16,17,18). The molecule has 0 unspecified atom stereocenters. The van der Waals surface area contributed by atoms with Crippen molar-refractivity contribution in [3.63, 3.8) is 0 Å². The van der Waals surface area contributed by atoms with Gasteiger partial charge in [0.05, 0.1) is 17.6 Å². The molecule has 0 fully saturated rings. The van der Waals surface area contributed by atoms with E-state index in [0.29, 0.717) is 5.69 Å². The van der Waals surface area contributed by atoms with Crippen molar-refractivity contribution in [1.82, 2.24) is 15.6 Å². The molecule has 1 rings (SSSR count). The lowest BCUT2D eigenvalue weighted by molar-refractivity contribution is -0.117. The molecule has 104 valence electrons. The van der Waals surface area contributed by atoms with Gasteiger partial charge >= 0.3 is 6.03 Å². The lowest BCUT2D eigenvalue weighted by Crippen LogP contribution is -2.48. The highest BCUT2D eigenvalue weighted by atomic mass is 32.2. The van der Waals surface area contributed by atoms with Gasteiger partial charge in [-0.15, -0.1) is 11.8 Å². The van der Waals surface area contributed by atoms with Crippen molar-refractivity contribution >= 4 is 29.4 Å². The number of hydrogen-bond acceptors (Lipinski definition) is 5. The van der Waals surface area contributed by atoms with Crippen LogP contribution < -0.4 is 16.4 Å². The highest BCUT2D eigenvalue weighted by molar-refractivity contribution is 8.00. The summed E-state index contributed by atoms with van der Waals surface area (Å²) in [4.78, 5) is 27.7. The molecule has 1 aromatic heterocycles. The molecule has 0 bridgehead atoms. The second-order valence-corrected chi connectivity index (χ2v) is 5.97. The maximum Gasteiger partial charge on any atom is 0.321 e. The van der Waals surface area contributed by atoms with Gasteiger partial charge in [-0.3, -0.25) is 15.1 Å². The molecular formula is C12H18N4O2S. The molecule has 4 N–H and O–H groups in total. The van der Waals surface area contributed by atoms with Crippen LogP contribution in [0.3, 0.4) is 0 Å². The summed E-state index contributed by atoms with van der Waals surface area (Å²) in [6.45, 7) is 5.51. The van der Waals surface area contributed by atoms with Gasteiger partial charge in [0, 0.05) is 16.6 Å². The number of urea groups is 1. The largest absolute Gasteiger partial charge is 0.397 e. The molecule has 0 radical (unpaired) electrons. The average molecular weight is 282 g/mol. The first-order valence-corrected chi connectivity index (χ1v) is 6.71.